The smallest absolute Gasteiger partial charge is 0.152 e. The van der Waals surface area contributed by atoms with Crippen LogP contribution in [0.5, 0.6) is 0 Å². The van der Waals surface area contributed by atoms with Crippen LogP contribution < -0.4 is 11.1 Å². The van der Waals surface area contributed by atoms with Gasteiger partial charge in [-0.3, -0.25) is 0 Å². The minimum absolute atomic E-state index is 0.103. The standard InChI is InChI=1S/C13H15Cl2FN4/c1-6(2)20-13(11(17)7(3)19-20)18-12-9(14)4-8(16)5-10(12)15/h4-6,18H,17H2,1-3H3. The van der Waals surface area contributed by atoms with Gasteiger partial charge in [0.2, 0.25) is 0 Å². The van der Waals surface area contributed by atoms with Crippen molar-refractivity contribution in [3.8, 4) is 0 Å². The van der Waals surface area contributed by atoms with Crippen LogP contribution in [0.1, 0.15) is 25.6 Å². The summed E-state index contributed by atoms with van der Waals surface area (Å²) in [6, 6.07) is 2.48. The Balaban J connectivity index is 2.50. The van der Waals surface area contributed by atoms with Crippen LogP contribution >= 0.6 is 23.2 Å². The Morgan fingerprint density at radius 2 is 1.85 bits per heavy atom. The van der Waals surface area contributed by atoms with Gasteiger partial charge < -0.3 is 11.1 Å². The monoisotopic (exact) mass is 316 g/mol. The van der Waals surface area contributed by atoms with E-state index in [0.717, 1.165) is 0 Å². The first-order valence-corrected chi connectivity index (χ1v) is 6.83. The summed E-state index contributed by atoms with van der Waals surface area (Å²) < 4.78 is 14.9. The van der Waals surface area contributed by atoms with Crippen LogP contribution in [0.15, 0.2) is 12.1 Å². The van der Waals surface area contributed by atoms with E-state index in [9.17, 15) is 4.39 Å². The number of nitrogens with two attached hydrogens (primary N) is 1. The minimum Gasteiger partial charge on any atom is -0.394 e. The number of rotatable bonds is 3. The van der Waals surface area contributed by atoms with Gasteiger partial charge in [0.25, 0.3) is 0 Å². The predicted octanol–water partition coefficient (Wildman–Crippen LogP) is 4.54. The second kappa shape index (κ2) is 5.50. The summed E-state index contributed by atoms with van der Waals surface area (Å²) >= 11 is 12.0. The molecular formula is C13H15Cl2FN4. The van der Waals surface area contributed by atoms with Gasteiger partial charge in [-0.2, -0.15) is 5.10 Å². The first-order valence-electron chi connectivity index (χ1n) is 6.07. The maximum atomic E-state index is 13.2. The Kier molecular flexibility index (Phi) is 4.11. The molecule has 2 aromatic rings. The van der Waals surface area contributed by atoms with E-state index in [4.69, 9.17) is 28.9 Å². The molecule has 0 spiro atoms. The van der Waals surface area contributed by atoms with Crippen LogP contribution in [-0.4, -0.2) is 9.78 Å². The molecule has 0 atom stereocenters. The van der Waals surface area contributed by atoms with Gasteiger partial charge in [0.05, 0.1) is 27.1 Å². The molecule has 7 heteroatoms. The zero-order valence-corrected chi connectivity index (χ0v) is 12.8. The van der Waals surface area contributed by atoms with E-state index in [1.807, 2.05) is 20.8 Å². The molecule has 1 heterocycles. The molecule has 3 N–H and O–H groups in total. The van der Waals surface area contributed by atoms with Gasteiger partial charge >= 0.3 is 0 Å². The highest BCUT2D eigenvalue weighted by Crippen LogP contribution is 2.36. The minimum atomic E-state index is -0.493. The lowest BCUT2D eigenvalue weighted by atomic mass is 10.3. The number of aryl methyl sites for hydroxylation is 1. The maximum absolute atomic E-state index is 13.2. The Hall–Kier alpha value is -1.46. The Labute approximate surface area is 126 Å². The number of hydrogen-bond donors (Lipinski definition) is 2. The third-order valence-corrected chi connectivity index (χ3v) is 3.47. The fourth-order valence-electron chi connectivity index (χ4n) is 1.84. The number of nitrogen functional groups attached to an aromatic ring is 1. The number of benzene rings is 1. The highest BCUT2D eigenvalue weighted by molar-refractivity contribution is 6.39. The molecule has 0 aliphatic carbocycles. The lowest BCUT2D eigenvalue weighted by molar-refractivity contribution is 0.536. The second-order valence-electron chi connectivity index (χ2n) is 4.76. The molecule has 2 rings (SSSR count). The predicted molar refractivity (Wildman–Crippen MR) is 81.5 cm³/mol. The van der Waals surface area contributed by atoms with Gasteiger partial charge in [-0.25, -0.2) is 9.07 Å². The molecule has 4 nitrogen and oxygen atoms in total. The summed E-state index contributed by atoms with van der Waals surface area (Å²) in [5.41, 5.74) is 7.63. The van der Waals surface area contributed by atoms with Crippen molar-refractivity contribution in [1.29, 1.82) is 0 Å². The van der Waals surface area contributed by atoms with Crippen molar-refractivity contribution in [2.45, 2.75) is 26.8 Å². The van der Waals surface area contributed by atoms with Crippen molar-refractivity contribution in [2.24, 2.45) is 0 Å². The van der Waals surface area contributed by atoms with Crippen molar-refractivity contribution in [3.63, 3.8) is 0 Å². The van der Waals surface area contributed by atoms with E-state index in [-0.39, 0.29) is 16.1 Å². The number of aromatic nitrogens is 2. The Morgan fingerprint density at radius 1 is 1.30 bits per heavy atom. The maximum Gasteiger partial charge on any atom is 0.152 e. The van der Waals surface area contributed by atoms with E-state index < -0.39 is 5.82 Å². The highest BCUT2D eigenvalue weighted by Gasteiger charge is 2.17. The average molecular weight is 317 g/mol. The van der Waals surface area contributed by atoms with Crippen LogP contribution in [0, 0.1) is 12.7 Å². The molecular weight excluding hydrogens is 302 g/mol. The average Bonchev–Trinajstić information content (AvgIpc) is 2.61. The first kappa shape index (κ1) is 14.9. The highest BCUT2D eigenvalue weighted by atomic mass is 35.5. The molecule has 0 fully saturated rings. The van der Waals surface area contributed by atoms with Crippen LogP contribution in [0.2, 0.25) is 10.0 Å². The van der Waals surface area contributed by atoms with Gasteiger partial charge in [-0.05, 0) is 32.9 Å². The third-order valence-electron chi connectivity index (χ3n) is 2.87. The lowest BCUT2D eigenvalue weighted by Gasteiger charge is -2.15. The first-order chi connectivity index (χ1) is 9.31. The summed E-state index contributed by atoms with van der Waals surface area (Å²) in [6.07, 6.45) is 0. The molecule has 0 saturated carbocycles. The van der Waals surface area contributed by atoms with Crippen LogP contribution in [0.25, 0.3) is 0 Å². The molecule has 0 radical (unpaired) electrons. The van der Waals surface area contributed by atoms with E-state index in [1.165, 1.54) is 12.1 Å². The van der Waals surface area contributed by atoms with Gasteiger partial charge in [0.1, 0.15) is 5.82 Å². The van der Waals surface area contributed by atoms with Crippen LogP contribution in [0.3, 0.4) is 0 Å². The molecule has 1 aromatic carbocycles. The summed E-state index contributed by atoms with van der Waals surface area (Å²) in [5.74, 6) is 0.0972. The molecule has 0 amide bonds. The van der Waals surface area contributed by atoms with Crippen LogP contribution in [-0.2, 0) is 0 Å². The SMILES string of the molecule is Cc1nn(C(C)C)c(Nc2c(Cl)cc(F)cc2Cl)c1N. The summed E-state index contributed by atoms with van der Waals surface area (Å²) in [4.78, 5) is 0. The Bertz CT molecular complexity index is 629. The van der Waals surface area contributed by atoms with E-state index in [1.54, 1.807) is 4.68 Å². The van der Waals surface area contributed by atoms with Crippen molar-refractivity contribution in [3.05, 3.63) is 33.7 Å². The number of hydrogen-bond acceptors (Lipinski definition) is 3. The molecule has 0 bridgehead atoms. The summed E-state index contributed by atoms with van der Waals surface area (Å²) in [5, 5.41) is 7.77. The van der Waals surface area contributed by atoms with Gasteiger partial charge in [-0.15, -0.1) is 0 Å². The number of halogens is 3. The van der Waals surface area contributed by atoms with Crippen LogP contribution in [0.4, 0.5) is 21.6 Å². The van der Waals surface area contributed by atoms with E-state index in [0.29, 0.717) is 22.9 Å². The van der Waals surface area contributed by atoms with Crippen molar-refractivity contribution < 1.29 is 4.39 Å². The molecule has 0 saturated heterocycles. The van der Waals surface area contributed by atoms with E-state index >= 15 is 0 Å². The molecule has 0 aliphatic rings. The second-order valence-corrected chi connectivity index (χ2v) is 5.57. The van der Waals surface area contributed by atoms with Crippen molar-refractivity contribution >= 4 is 40.4 Å². The van der Waals surface area contributed by atoms with Gasteiger partial charge in [-0.1, -0.05) is 23.2 Å². The zero-order valence-electron chi connectivity index (χ0n) is 11.3. The summed E-state index contributed by atoms with van der Waals surface area (Å²) in [7, 11) is 0. The molecule has 108 valence electrons. The number of anilines is 3. The fraction of sp³-hybridized carbons (Fsp3) is 0.308. The molecule has 0 aliphatic heterocycles. The van der Waals surface area contributed by atoms with Gasteiger partial charge in [0.15, 0.2) is 5.82 Å². The van der Waals surface area contributed by atoms with E-state index in [2.05, 4.69) is 10.4 Å². The quantitative estimate of drug-likeness (QED) is 0.873. The topological polar surface area (TPSA) is 55.9 Å². The normalized spacial score (nSPS) is 11.2. The lowest BCUT2D eigenvalue weighted by Crippen LogP contribution is -2.08. The third kappa shape index (κ3) is 2.69. The molecule has 1 aromatic heterocycles. The number of nitrogens with zero attached hydrogens (tertiary/aromatic N) is 2. The summed E-state index contributed by atoms with van der Waals surface area (Å²) in [6.45, 7) is 5.77. The Morgan fingerprint density at radius 3 is 2.35 bits per heavy atom. The zero-order chi connectivity index (χ0) is 15.0. The largest absolute Gasteiger partial charge is 0.394 e. The van der Waals surface area contributed by atoms with Crippen molar-refractivity contribution in [1.82, 2.24) is 9.78 Å². The molecule has 0 unspecified atom stereocenters. The van der Waals surface area contributed by atoms with Gasteiger partial charge in [0, 0.05) is 6.04 Å². The number of nitrogens with one attached hydrogen (secondary N) is 1. The molecule has 20 heavy (non-hydrogen) atoms. The fourth-order valence-corrected chi connectivity index (χ4v) is 2.39. The van der Waals surface area contributed by atoms with Crippen molar-refractivity contribution in [2.75, 3.05) is 11.1 Å².